The lowest BCUT2D eigenvalue weighted by Gasteiger charge is -2.34. The Morgan fingerprint density at radius 2 is 1.02 bits per heavy atom. The van der Waals surface area contributed by atoms with Crippen LogP contribution in [0.15, 0.2) is 174 Å². The first-order valence-corrected chi connectivity index (χ1v) is 16.7. The average molecular weight is 609 g/mol. The summed E-state index contributed by atoms with van der Waals surface area (Å²) in [5.41, 5.74) is 11.2. The molecule has 1 aliphatic carbocycles. The Kier molecular flexibility index (Phi) is 5.10. The second-order valence-corrected chi connectivity index (χ2v) is 13.1. The van der Waals surface area contributed by atoms with Gasteiger partial charge in [0.05, 0.1) is 5.41 Å². The summed E-state index contributed by atoms with van der Waals surface area (Å²) in [5, 5.41) is 10.1. The van der Waals surface area contributed by atoms with Crippen molar-refractivity contribution in [2.75, 3.05) is 0 Å². The van der Waals surface area contributed by atoms with E-state index in [9.17, 15) is 0 Å². The number of fused-ring (bicyclic) bond motifs is 7. The second kappa shape index (κ2) is 9.44. The number of furan rings is 1. The summed E-state index contributed by atoms with van der Waals surface area (Å²) < 4.78 is 7.00. The third kappa shape index (κ3) is 3.21. The topological polar surface area (TPSA) is 13.1 Å². The third-order valence-corrected chi connectivity index (χ3v) is 10.9. The van der Waals surface area contributed by atoms with E-state index in [2.05, 4.69) is 170 Å². The molecular formula is C47H28O. The maximum absolute atomic E-state index is 7.00. The molecule has 0 N–H and O–H groups in total. The quantitative estimate of drug-likeness (QED) is 0.182. The van der Waals surface area contributed by atoms with Crippen molar-refractivity contribution < 1.29 is 4.42 Å². The molecule has 1 heteroatoms. The van der Waals surface area contributed by atoms with Crippen molar-refractivity contribution >= 4 is 54.3 Å². The molecule has 0 fully saturated rings. The van der Waals surface area contributed by atoms with E-state index in [1.807, 2.05) is 0 Å². The Morgan fingerprint density at radius 1 is 0.396 bits per heavy atom. The van der Waals surface area contributed by atoms with Gasteiger partial charge in [0, 0.05) is 16.3 Å². The first-order valence-electron chi connectivity index (χ1n) is 16.7. The lowest BCUT2D eigenvalue weighted by atomic mass is 9.67. The van der Waals surface area contributed by atoms with Crippen LogP contribution in [0.2, 0.25) is 0 Å². The van der Waals surface area contributed by atoms with Crippen LogP contribution >= 0.6 is 0 Å². The van der Waals surface area contributed by atoms with Crippen molar-refractivity contribution in [2.24, 2.45) is 0 Å². The molecule has 1 nitrogen and oxygen atoms in total. The van der Waals surface area contributed by atoms with Gasteiger partial charge in [0.2, 0.25) is 0 Å². The van der Waals surface area contributed by atoms with E-state index in [-0.39, 0.29) is 0 Å². The summed E-state index contributed by atoms with van der Waals surface area (Å²) in [7, 11) is 0. The van der Waals surface area contributed by atoms with Crippen LogP contribution in [0.1, 0.15) is 22.3 Å². The van der Waals surface area contributed by atoms with Crippen LogP contribution in [-0.2, 0) is 5.41 Å². The Balaban J connectivity index is 1.39. The molecule has 1 aliphatic rings. The summed E-state index contributed by atoms with van der Waals surface area (Å²) in [4.78, 5) is 0. The Labute approximate surface area is 277 Å². The van der Waals surface area contributed by atoms with E-state index >= 15 is 0 Å². The lowest BCUT2D eigenvalue weighted by Crippen LogP contribution is -2.28. The molecule has 0 saturated heterocycles. The summed E-state index contributed by atoms with van der Waals surface area (Å²) >= 11 is 0. The van der Waals surface area contributed by atoms with Crippen LogP contribution in [0.4, 0.5) is 0 Å². The SMILES string of the molecule is c1ccc(C2(c3ccccc3)c3ccccc3-c3c(-c4ccc5ccc6cccc7ccc4c5c67)cc4c(oc5ccccc54)c32)cc1. The van der Waals surface area contributed by atoms with E-state index < -0.39 is 5.41 Å². The normalized spacial score (nSPS) is 13.6. The molecule has 9 aromatic carbocycles. The molecule has 0 bridgehead atoms. The zero-order valence-electron chi connectivity index (χ0n) is 26.1. The molecule has 1 aromatic heterocycles. The number of hydrogen-bond acceptors (Lipinski definition) is 1. The summed E-state index contributed by atoms with van der Waals surface area (Å²) in [5.74, 6) is 0. The van der Waals surface area contributed by atoms with Crippen LogP contribution in [-0.4, -0.2) is 0 Å². The van der Waals surface area contributed by atoms with Gasteiger partial charge in [-0.15, -0.1) is 0 Å². The smallest absolute Gasteiger partial charge is 0.140 e. The molecule has 48 heavy (non-hydrogen) atoms. The molecule has 1 heterocycles. The minimum Gasteiger partial charge on any atom is -0.456 e. The molecule has 0 amide bonds. The standard InChI is InChI=1S/C47H28O/c1-3-14-32(15-4-1)47(33-16-5-2-6-17-33)40-20-9-7-19-37(40)44-38(28-39-35-18-8-10-21-41(35)48-46(39)45(44)47)34-26-24-31-23-22-29-12-11-13-30-25-27-36(34)43(31)42(29)30/h1-28H. The van der Waals surface area contributed by atoms with Gasteiger partial charge in [-0.2, -0.15) is 0 Å². The molecule has 0 spiro atoms. The predicted molar refractivity (Wildman–Crippen MR) is 200 cm³/mol. The lowest BCUT2D eigenvalue weighted by molar-refractivity contribution is 0.650. The van der Waals surface area contributed by atoms with Crippen molar-refractivity contribution in [1.82, 2.24) is 0 Å². The number of hydrogen-bond donors (Lipinski definition) is 0. The van der Waals surface area contributed by atoms with Crippen molar-refractivity contribution in [3.05, 3.63) is 192 Å². The van der Waals surface area contributed by atoms with Gasteiger partial charge >= 0.3 is 0 Å². The van der Waals surface area contributed by atoms with E-state index in [1.54, 1.807) is 0 Å². The molecule has 0 unspecified atom stereocenters. The van der Waals surface area contributed by atoms with Gasteiger partial charge in [-0.05, 0) is 83.4 Å². The second-order valence-electron chi connectivity index (χ2n) is 13.1. The first kappa shape index (κ1) is 25.9. The highest BCUT2D eigenvalue weighted by atomic mass is 16.3. The Hall–Kier alpha value is -6.18. The molecule has 10 aromatic rings. The third-order valence-electron chi connectivity index (χ3n) is 10.9. The van der Waals surface area contributed by atoms with Crippen LogP contribution in [0.5, 0.6) is 0 Å². The van der Waals surface area contributed by atoms with Gasteiger partial charge in [-0.3, -0.25) is 0 Å². The summed E-state index contributed by atoms with van der Waals surface area (Å²) in [6.07, 6.45) is 0. The molecule has 0 aliphatic heterocycles. The highest BCUT2D eigenvalue weighted by Gasteiger charge is 2.49. The zero-order chi connectivity index (χ0) is 31.4. The van der Waals surface area contributed by atoms with Gasteiger partial charge < -0.3 is 4.42 Å². The van der Waals surface area contributed by atoms with Crippen LogP contribution < -0.4 is 0 Å². The maximum atomic E-state index is 7.00. The van der Waals surface area contributed by atoms with Crippen molar-refractivity contribution in [2.45, 2.75) is 5.41 Å². The van der Waals surface area contributed by atoms with Crippen molar-refractivity contribution in [1.29, 1.82) is 0 Å². The number of rotatable bonds is 3. The fraction of sp³-hybridized carbons (Fsp3) is 0.0213. The van der Waals surface area contributed by atoms with Gasteiger partial charge in [-0.1, -0.05) is 158 Å². The van der Waals surface area contributed by atoms with Crippen molar-refractivity contribution in [3.63, 3.8) is 0 Å². The molecule has 0 radical (unpaired) electrons. The summed E-state index contributed by atoms with van der Waals surface area (Å²) in [6, 6.07) is 62.5. The van der Waals surface area contributed by atoms with E-state index in [0.717, 1.165) is 21.9 Å². The van der Waals surface area contributed by atoms with E-state index in [1.165, 1.54) is 76.8 Å². The Bertz CT molecular complexity index is 2820. The largest absolute Gasteiger partial charge is 0.456 e. The van der Waals surface area contributed by atoms with E-state index in [0.29, 0.717) is 0 Å². The molecule has 0 atom stereocenters. The fourth-order valence-electron chi connectivity index (χ4n) is 8.98. The van der Waals surface area contributed by atoms with Gasteiger partial charge in [0.1, 0.15) is 11.2 Å². The van der Waals surface area contributed by atoms with E-state index in [4.69, 9.17) is 4.42 Å². The highest BCUT2D eigenvalue weighted by Crippen LogP contribution is 2.61. The van der Waals surface area contributed by atoms with Crippen molar-refractivity contribution in [3.8, 4) is 22.3 Å². The molecule has 0 saturated carbocycles. The van der Waals surface area contributed by atoms with Gasteiger partial charge in [0.25, 0.3) is 0 Å². The molecule has 222 valence electrons. The van der Waals surface area contributed by atoms with Crippen LogP contribution in [0.3, 0.4) is 0 Å². The number of para-hydroxylation sites is 1. The van der Waals surface area contributed by atoms with Gasteiger partial charge in [-0.25, -0.2) is 0 Å². The minimum absolute atomic E-state index is 0.583. The highest BCUT2D eigenvalue weighted by molar-refractivity contribution is 6.26. The van der Waals surface area contributed by atoms with Gasteiger partial charge in [0.15, 0.2) is 0 Å². The fourth-order valence-corrected chi connectivity index (χ4v) is 8.98. The molecular weight excluding hydrogens is 581 g/mol. The first-order chi connectivity index (χ1) is 23.8. The average Bonchev–Trinajstić information content (AvgIpc) is 3.69. The number of benzene rings is 9. The predicted octanol–water partition coefficient (Wildman–Crippen LogP) is 12.5. The van der Waals surface area contributed by atoms with Crippen LogP contribution in [0.25, 0.3) is 76.5 Å². The summed E-state index contributed by atoms with van der Waals surface area (Å²) in [6.45, 7) is 0. The Morgan fingerprint density at radius 3 is 1.79 bits per heavy atom. The maximum Gasteiger partial charge on any atom is 0.140 e. The zero-order valence-corrected chi connectivity index (χ0v) is 26.1. The molecule has 11 rings (SSSR count). The minimum atomic E-state index is -0.583. The van der Waals surface area contributed by atoms with Crippen LogP contribution in [0, 0.1) is 0 Å². The monoisotopic (exact) mass is 608 g/mol.